The molecule has 0 atom stereocenters. The molecule has 18 heavy (non-hydrogen) atoms. The van der Waals surface area contributed by atoms with Crippen molar-refractivity contribution in [1.82, 2.24) is 0 Å². The van der Waals surface area contributed by atoms with Crippen LogP contribution in [0.25, 0.3) is 11.1 Å². The number of carboxylic acid groups (broad SMARTS) is 1. The van der Waals surface area contributed by atoms with Gasteiger partial charge >= 0.3 is 5.97 Å². The van der Waals surface area contributed by atoms with Crippen molar-refractivity contribution in [3.63, 3.8) is 0 Å². The Balaban J connectivity index is 2.49. The number of rotatable bonds is 3. The highest BCUT2D eigenvalue weighted by atomic mass is 35.5. The second-order valence-corrected chi connectivity index (χ2v) is 4.26. The van der Waals surface area contributed by atoms with Crippen LogP contribution in [0.3, 0.4) is 0 Å². The minimum absolute atomic E-state index is 0.255. The summed E-state index contributed by atoms with van der Waals surface area (Å²) in [7, 11) is 1.70. The summed E-state index contributed by atoms with van der Waals surface area (Å²) in [4.78, 5) is 11.2. The Morgan fingerprint density at radius 2 is 1.72 bits per heavy atom. The van der Waals surface area contributed by atoms with Gasteiger partial charge in [-0.05, 0) is 35.4 Å². The standard InChI is InChI=1S/C14H12ClNO2/c1-16-13-7-4-10(8-12(13)14(17)18)9-2-5-11(15)6-3-9/h2-8,16H,1H3,(H,17,18). The summed E-state index contributed by atoms with van der Waals surface area (Å²) < 4.78 is 0. The van der Waals surface area contributed by atoms with Crippen molar-refractivity contribution in [3.05, 3.63) is 53.1 Å². The molecule has 2 N–H and O–H groups in total. The number of hydrogen-bond donors (Lipinski definition) is 2. The van der Waals surface area contributed by atoms with E-state index in [0.717, 1.165) is 11.1 Å². The number of benzene rings is 2. The van der Waals surface area contributed by atoms with Crippen molar-refractivity contribution in [2.24, 2.45) is 0 Å². The van der Waals surface area contributed by atoms with E-state index in [1.165, 1.54) is 0 Å². The number of halogens is 1. The molecule has 0 saturated carbocycles. The molecule has 0 spiro atoms. The molecule has 0 heterocycles. The predicted octanol–water partition coefficient (Wildman–Crippen LogP) is 3.75. The Kier molecular flexibility index (Phi) is 3.53. The zero-order chi connectivity index (χ0) is 13.1. The van der Waals surface area contributed by atoms with Crippen LogP contribution in [0.5, 0.6) is 0 Å². The van der Waals surface area contributed by atoms with Gasteiger partial charge in [-0.1, -0.05) is 29.8 Å². The van der Waals surface area contributed by atoms with Gasteiger partial charge in [-0.3, -0.25) is 0 Å². The summed E-state index contributed by atoms with van der Waals surface area (Å²) in [6, 6.07) is 12.6. The number of anilines is 1. The molecule has 2 aromatic carbocycles. The molecule has 0 bridgehead atoms. The van der Waals surface area contributed by atoms with Crippen LogP contribution in [0.4, 0.5) is 5.69 Å². The average Bonchev–Trinajstić information content (AvgIpc) is 2.39. The van der Waals surface area contributed by atoms with E-state index < -0.39 is 5.97 Å². The molecule has 0 saturated heterocycles. The molecule has 0 amide bonds. The maximum Gasteiger partial charge on any atom is 0.337 e. The van der Waals surface area contributed by atoms with E-state index in [1.54, 1.807) is 31.3 Å². The van der Waals surface area contributed by atoms with Gasteiger partial charge in [0.25, 0.3) is 0 Å². The van der Waals surface area contributed by atoms with E-state index in [2.05, 4.69) is 5.32 Å². The highest BCUT2D eigenvalue weighted by molar-refractivity contribution is 6.30. The summed E-state index contributed by atoms with van der Waals surface area (Å²) in [5, 5.41) is 12.7. The molecule has 0 fully saturated rings. The van der Waals surface area contributed by atoms with Gasteiger partial charge in [0, 0.05) is 17.8 Å². The van der Waals surface area contributed by atoms with Crippen LogP contribution in [-0.4, -0.2) is 18.1 Å². The molecule has 2 rings (SSSR count). The van der Waals surface area contributed by atoms with Gasteiger partial charge in [0.2, 0.25) is 0 Å². The molecular weight excluding hydrogens is 250 g/mol. The van der Waals surface area contributed by atoms with E-state index in [0.29, 0.717) is 10.7 Å². The van der Waals surface area contributed by atoms with Gasteiger partial charge in [0.1, 0.15) is 0 Å². The average molecular weight is 262 g/mol. The van der Waals surface area contributed by atoms with Gasteiger partial charge in [0.05, 0.1) is 5.56 Å². The second kappa shape index (κ2) is 5.10. The molecule has 2 aromatic rings. The highest BCUT2D eigenvalue weighted by Crippen LogP contribution is 2.26. The lowest BCUT2D eigenvalue weighted by Gasteiger charge is -2.08. The molecule has 0 aliphatic rings. The lowest BCUT2D eigenvalue weighted by Crippen LogP contribution is -2.02. The largest absolute Gasteiger partial charge is 0.478 e. The fraction of sp³-hybridized carbons (Fsp3) is 0.0714. The lowest BCUT2D eigenvalue weighted by molar-refractivity contribution is 0.0698. The maximum absolute atomic E-state index is 11.2. The topological polar surface area (TPSA) is 49.3 Å². The number of hydrogen-bond acceptors (Lipinski definition) is 2. The molecule has 0 unspecified atom stereocenters. The molecule has 0 aromatic heterocycles. The first-order valence-corrected chi connectivity index (χ1v) is 5.80. The van der Waals surface area contributed by atoms with Gasteiger partial charge in [-0.2, -0.15) is 0 Å². The minimum Gasteiger partial charge on any atom is -0.478 e. The Hall–Kier alpha value is -2.00. The zero-order valence-corrected chi connectivity index (χ0v) is 10.5. The molecule has 92 valence electrons. The van der Waals surface area contributed by atoms with Crippen molar-refractivity contribution >= 4 is 23.3 Å². The fourth-order valence-corrected chi connectivity index (χ4v) is 1.89. The first-order valence-electron chi connectivity index (χ1n) is 5.43. The van der Waals surface area contributed by atoms with Gasteiger partial charge in [-0.25, -0.2) is 4.79 Å². The quantitative estimate of drug-likeness (QED) is 0.885. The second-order valence-electron chi connectivity index (χ2n) is 3.82. The number of carboxylic acids is 1. The predicted molar refractivity (Wildman–Crippen MR) is 73.4 cm³/mol. The van der Waals surface area contributed by atoms with Gasteiger partial charge < -0.3 is 10.4 Å². The molecule has 4 heteroatoms. The summed E-state index contributed by atoms with van der Waals surface area (Å²) >= 11 is 5.82. The summed E-state index contributed by atoms with van der Waals surface area (Å²) in [6.45, 7) is 0. The van der Waals surface area contributed by atoms with E-state index in [4.69, 9.17) is 16.7 Å². The highest BCUT2D eigenvalue weighted by Gasteiger charge is 2.10. The van der Waals surface area contributed by atoms with Crippen molar-refractivity contribution in [2.45, 2.75) is 0 Å². The molecule has 0 aliphatic carbocycles. The van der Waals surface area contributed by atoms with E-state index in [-0.39, 0.29) is 5.56 Å². The zero-order valence-electron chi connectivity index (χ0n) is 9.77. The van der Waals surface area contributed by atoms with Crippen molar-refractivity contribution in [3.8, 4) is 11.1 Å². The van der Waals surface area contributed by atoms with Crippen molar-refractivity contribution < 1.29 is 9.90 Å². The summed E-state index contributed by atoms with van der Waals surface area (Å²) in [6.07, 6.45) is 0. The lowest BCUT2D eigenvalue weighted by atomic mass is 10.0. The molecule has 3 nitrogen and oxygen atoms in total. The molecular formula is C14H12ClNO2. The number of carbonyl (C=O) groups is 1. The summed E-state index contributed by atoms with van der Waals surface area (Å²) in [5.74, 6) is -0.949. The third kappa shape index (κ3) is 2.46. The minimum atomic E-state index is -0.949. The van der Waals surface area contributed by atoms with Crippen molar-refractivity contribution in [2.75, 3.05) is 12.4 Å². The van der Waals surface area contributed by atoms with Gasteiger partial charge in [-0.15, -0.1) is 0 Å². The van der Waals surface area contributed by atoms with Gasteiger partial charge in [0.15, 0.2) is 0 Å². The molecule has 0 radical (unpaired) electrons. The van der Waals surface area contributed by atoms with Crippen LogP contribution >= 0.6 is 11.6 Å². The number of nitrogens with one attached hydrogen (secondary N) is 1. The van der Waals surface area contributed by atoms with Crippen LogP contribution < -0.4 is 5.32 Å². The third-order valence-corrected chi connectivity index (χ3v) is 2.95. The van der Waals surface area contributed by atoms with Crippen LogP contribution in [0.15, 0.2) is 42.5 Å². The van der Waals surface area contributed by atoms with E-state index >= 15 is 0 Å². The Labute approximate surface area is 110 Å². The van der Waals surface area contributed by atoms with Crippen molar-refractivity contribution in [1.29, 1.82) is 0 Å². The van der Waals surface area contributed by atoms with Crippen LogP contribution in [0, 0.1) is 0 Å². The van der Waals surface area contributed by atoms with Crippen LogP contribution in [0.1, 0.15) is 10.4 Å². The van der Waals surface area contributed by atoms with Crippen LogP contribution in [0.2, 0.25) is 5.02 Å². The third-order valence-electron chi connectivity index (χ3n) is 2.70. The number of aromatic carboxylic acids is 1. The Bertz CT molecular complexity index is 579. The smallest absolute Gasteiger partial charge is 0.337 e. The first kappa shape index (κ1) is 12.5. The first-order chi connectivity index (χ1) is 8.61. The Morgan fingerprint density at radius 1 is 1.11 bits per heavy atom. The fourth-order valence-electron chi connectivity index (χ4n) is 1.76. The normalized spacial score (nSPS) is 10.1. The monoisotopic (exact) mass is 261 g/mol. The SMILES string of the molecule is CNc1ccc(-c2ccc(Cl)cc2)cc1C(=O)O. The maximum atomic E-state index is 11.2. The Morgan fingerprint density at radius 3 is 2.28 bits per heavy atom. The van der Waals surface area contributed by atoms with Crippen LogP contribution in [-0.2, 0) is 0 Å². The van der Waals surface area contributed by atoms with E-state index in [1.807, 2.05) is 18.2 Å². The van der Waals surface area contributed by atoms with E-state index in [9.17, 15) is 4.79 Å². The summed E-state index contributed by atoms with van der Waals surface area (Å²) in [5.41, 5.74) is 2.64. The molecule has 0 aliphatic heterocycles.